The highest BCUT2D eigenvalue weighted by molar-refractivity contribution is 7.85. The number of pyridine rings is 1. The van der Waals surface area contributed by atoms with Crippen molar-refractivity contribution in [1.82, 2.24) is 4.57 Å². The second kappa shape index (κ2) is 6.49. The van der Waals surface area contributed by atoms with Crippen LogP contribution in [0.5, 0.6) is 0 Å². The zero-order valence-corrected chi connectivity index (χ0v) is 12.5. The molecule has 1 unspecified atom stereocenters. The van der Waals surface area contributed by atoms with Gasteiger partial charge in [-0.25, -0.2) is 4.21 Å². The first-order valence-corrected chi connectivity index (χ1v) is 7.41. The molecule has 2 aromatic rings. The smallest absolute Gasteiger partial charge is 0.250 e. The van der Waals surface area contributed by atoms with Gasteiger partial charge >= 0.3 is 0 Å². The number of aryl methyl sites for hydroxylation is 2. The predicted molar refractivity (Wildman–Crippen MR) is 83.2 cm³/mol. The van der Waals surface area contributed by atoms with Crippen LogP contribution < -0.4 is 10.3 Å². The first-order valence-electron chi connectivity index (χ1n) is 5.85. The van der Waals surface area contributed by atoms with Crippen LogP contribution in [0.1, 0.15) is 5.56 Å². The molecule has 3 N–H and O–H groups in total. The average molecular weight is 294 g/mol. The van der Waals surface area contributed by atoms with Gasteiger partial charge in [0.25, 0.3) is 5.56 Å². The maximum absolute atomic E-state index is 11.5. The lowest BCUT2D eigenvalue weighted by Gasteiger charge is -2.10. The minimum atomic E-state index is -1.10. The van der Waals surface area contributed by atoms with E-state index in [1.165, 1.54) is 0 Å². The van der Waals surface area contributed by atoms with E-state index in [4.69, 9.17) is 0 Å². The van der Waals surface area contributed by atoms with Crippen LogP contribution in [0.3, 0.4) is 0 Å². The monoisotopic (exact) mass is 294 g/mol. The topological polar surface area (TPSA) is 82.6 Å². The Kier molecular flexibility index (Phi) is 5.24. The zero-order valence-electron chi connectivity index (χ0n) is 11.6. The first kappa shape index (κ1) is 16.1. The molecule has 20 heavy (non-hydrogen) atoms. The summed E-state index contributed by atoms with van der Waals surface area (Å²) in [5.74, 6) is 0. The molecule has 108 valence electrons. The van der Waals surface area contributed by atoms with Gasteiger partial charge in [-0.15, -0.1) is 0 Å². The minimum absolute atomic E-state index is 0. The minimum Gasteiger partial charge on any atom is -0.412 e. The van der Waals surface area contributed by atoms with Crippen molar-refractivity contribution < 1.29 is 9.69 Å². The Morgan fingerprint density at radius 2 is 1.95 bits per heavy atom. The van der Waals surface area contributed by atoms with E-state index < -0.39 is 11.0 Å². The van der Waals surface area contributed by atoms with Crippen LogP contribution in [-0.2, 0) is 18.0 Å². The van der Waals surface area contributed by atoms with Crippen LogP contribution in [0.15, 0.2) is 41.3 Å². The molecule has 2 rings (SSSR count). The van der Waals surface area contributed by atoms with Gasteiger partial charge < -0.3 is 14.8 Å². The van der Waals surface area contributed by atoms with E-state index in [1.54, 1.807) is 23.9 Å². The standard InChI is InChI=1S/C14H16N2O2S.H2O/c1-10-7-14(17)16(2)9-13(10)11-5-4-6-12(8-11)15-19(3)18;/h4-9,15H,1-3H3;1H2. The van der Waals surface area contributed by atoms with E-state index in [-0.39, 0.29) is 11.0 Å². The van der Waals surface area contributed by atoms with E-state index in [0.29, 0.717) is 0 Å². The third-order valence-corrected chi connectivity index (χ3v) is 3.39. The van der Waals surface area contributed by atoms with E-state index in [2.05, 4.69) is 4.72 Å². The zero-order chi connectivity index (χ0) is 14.0. The van der Waals surface area contributed by atoms with Crippen LogP contribution in [0, 0.1) is 6.92 Å². The Hall–Kier alpha value is -1.92. The molecule has 0 aliphatic rings. The van der Waals surface area contributed by atoms with Crippen LogP contribution in [0.2, 0.25) is 0 Å². The molecule has 0 bridgehead atoms. The molecular weight excluding hydrogens is 276 g/mol. The van der Waals surface area contributed by atoms with Crippen LogP contribution >= 0.6 is 0 Å². The maximum atomic E-state index is 11.5. The fourth-order valence-corrected chi connectivity index (χ4v) is 2.40. The molecule has 0 radical (unpaired) electrons. The number of anilines is 1. The van der Waals surface area contributed by atoms with Gasteiger partial charge in [0.2, 0.25) is 0 Å². The van der Waals surface area contributed by atoms with Crippen molar-refractivity contribution >= 4 is 16.7 Å². The lowest BCUT2D eigenvalue weighted by molar-refractivity contribution is 0.690. The SMILES string of the molecule is Cc1cc(=O)n(C)cc1-c1cccc(NS(C)=O)c1.O. The van der Waals surface area contributed by atoms with Crippen molar-refractivity contribution in [3.05, 3.63) is 52.4 Å². The van der Waals surface area contributed by atoms with Crippen molar-refractivity contribution in [3.63, 3.8) is 0 Å². The van der Waals surface area contributed by atoms with Gasteiger partial charge in [-0.05, 0) is 30.2 Å². The van der Waals surface area contributed by atoms with Gasteiger partial charge in [-0.1, -0.05) is 12.1 Å². The quantitative estimate of drug-likeness (QED) is 0.924. The molecule has 1 aromatic heterocycles. The Balaban J connectivity index is 0.00000200. The number of nitrogens with zero attached hydrogens (tertiary/aromatic N) is 1. The summed E-state index contributed by atoms with van der Waals surface area (Å²) in [7, 11) is 0.631. The number of hydrogen-bond donors (Lipinski definition) is 1. The summed E-state index contributed by atoms with van der Waals surface area (Å²) in [6.07, 6.45) is 3.41. The van der Waals surface area contributed by atoms with Gasteiger partial charge in [-0.2, -0.15) is 0 Å². The molecule has 0 spiro atoms. The van der Waals surface area contributed by atoms with Gasteiger partial charge in [0, 0.05) is 36.8 Å². The number of benzene rings is 1. The molecular formula is C14H18N2O3S. The first-order chi connectivity index (χ1) is 8.97. The molecule has 1 atom stereocenters. The molecule has 5 nitrogen and oxygen atoms in total. The van der Waals surface area contributed by atoms with Crippen LogP contribution in [-0.4, -0.2) is 20.5 Å². The highest BCUT2D eigenvalue weighted by Crippen LogP contribution is 2.24. The Labute approximate surface area is 120 Å². The number of rotatable bonds is 3. The molecule has 6 heteroatoms. The average Bonchev–Trinajstić information content (AvgIpc) is 2.33. The predicted octanol–water partition coefficient (Wildman–Crippen LogP) is 1.24. The second-order valence-corrected chi connectivity index (χ2v) is 5.57. The highest BCUT2D eigenvalue weighted by atomic mass is 32.2. The van der Waals surface area contributed by atoms with Crippen molar-refractivity contribution in [3.8, 4) is 11.1 Å². The molecule has 1 aromatic carbocycles. The van der Waals surface area contributed by atoms with Crippen molar-refractivity contribution in [1.29, 1.82) is 0 Å². The Morgan fingerprint density at radius 3 is 2.60 bits per heavy atom. The number of aromatic nitrogens is 1. The van der Waals surface area contributed by atoms with Gasteiger partial charge in [0.15, 0.2) is 0 Å². The molecule has 1 heterocycles. The van der Waals surface area contributed by atoms with E-state index in [0.717, 1.165) is 22.4 Å². The van der Waals surface area contributed by atoms with Gasteiger partial charge in [-0.3, -0.25) is 4.79 Å². The van der Waals surface area contributed by atoms with Crippen molar-refractivity contribution in [2.45, 2.75) is 6.92 Å². The second-order valence-electron chi connectivity index (χ2n) is 4.46. The largest absolute Gasteiger partial charge is 0.412 e. The van der Waals surface area contributed by atoms with E-state index >= 15 is 0 Å². The normalized spacial score (nSPS) is 11.6. The summed E-state index contributed by atoms with van der Waals surface area (Å²) in [5.41, 5.74) is 3.69. The molecule has 0 amide bonds. The van der Waals surface area contributed by atoms with Crippen molar-refractivity contribution in [2.75, 3.05) is 11.0 Å². The lowest BCUT2D eigenvalue weighted by Crippen LogP contribution is -2.15. The molecule has 0 fully saturated rings. The van der Waals surface area contributed by atoms with Crippen LogP contribution in [0.4, 0.5) is 5.69 Å². The van der Waals surface area contributed by atoms with Crippen molar-refractivity contribution in [2.24, 2.45) is 7.05 Å². The highest BCUT2D eigenvalue weighted by Gasteiger charge is 2.05. The van der Waals surface area contributed by atoms with E-state index in [9.17, 15) is 9.00 Å². The summed E-state index contributed by atoms with van der Waals surface area (Å²) < 4.78 is 15.6. The molecule has 0 aliphatic heterocycles. The van der Waals surface area contributed by atoms with Gasteiger partial charge in [0.1, 0.15) is 11.0 Å². The summed E-state index contributed by atoms with van der Waals surface area (Å²) in [4.78, 5) is 11.5. The third-order valence-electron chi connectivity index (χ3n) is 2.87. The lowest BCUT2D eigenvalue weighted by atomic mass is 10.0. The molecule has 0 saturated heterocycles. The van der Waals surface area contributed by atoms with Gasteiger partial charge in [0.05, 0.1) is 0 Å². The molecule has 0 saturated carbocycles. The third kappa shape index (κ3) is 3.55. The van der Waals surface area contributed by atoms with Crippen LogP contribution in [0.25, 0.3) is 11.1 Å². The fourth-order valence-electron chi connectivity index (χ4n) is 1.94. The summed E-state index contributed by atoms with van der Waals surface area (Å²) in [6.45, 7) is 1.91. The fraction of sp³-hybridized carbons (Fsp3) is 0.214. The summed E-state index contributed by atoms with van der Waals surface area (Å²) in [6, 6.07) is 9.27. The summed E-state index contributed by atoms with van der Waals surface area (Å²) >= 11 is 0. The Morgan fingerprint density at radius 1 is 1.25 bits per heavy atom. The Bertz CT molecular complexity index is 695. The van der Waals surface area contributed by atoms with E-state index in [1.807, 2.05) is 37.4 Å². The number of hydrogen-bond acceptors (Lipinski definition) is 2. The summed E-state index contributed by atoms with van der Waals surface area (Å²) in [5, 5.41) is 0. The maximum Gasteiger partial charge on any atom is 0.250 e. The molecule has 0 aliphatic carbocycles. The number of nitrogens with one attached hydrogen (secondary N) is 1.